The van der Waals surface area contributed by atoms with Crippen molar-refractivity contribution in [1.29, 1.82) is 0 Å². The van der Waals surface area contributed by atoms with Gasteiger partial charge in [0.2, 0.25) is 0 Å². The lowest BCUT2D eigenvalue weighted by atomic mass is 9.90. The van der Waals surface area contributed by atoms with Gasteiger partial charge in [0, 0.05) is 18.6 Å². The Labute approximate surface area is 88.4 Å². The standard InChI is InChI=1S/C12H25NO/c1-4-6-7-12(13-5-2)11-8-9-14-10(11)3/h10-13H,4-9H2,1-3H3. The second kappa shape index (κ2) is 6.41. The van der Waals surface area contributed by atoms with Gasteiger partial charge in [0.25, 0.3) is 0 Å². The second-order valence-electron chi connectivity index (χ2n) is 4.33. The first-order valence-electron chi connectivity index (χ1n) is 6.14. The van der Waals surface area contributed by atoms with Gasteiger partial charge in [-0.3, -0.25) is 0 Å². The zero-order valence-electron chi connectivity index (χ0n) is 9.88. The van der Waals surface area contributed by atoms with Crippen molar-refractivity contribution in [2.24, 2.45) is 5.92 Å². The van der Waals surface area contributed by atoms with E-state index in [1.54, 1.807) is 0 Å². The first-order chi connectivity index (χ1) is 6.79. The Morgan fingerprint density at radius 3 is 2.71 bits per heavy atom. The highest BCUT2D eigenvalue weighted by Gasteiger charge is 2.30. The van der Waals surface area contributed by atoms with Crippen LogP contribution in [-0.2, 0) is 4.74 Å². The molecule has 0 radical (unpaired) electrons. The molecule has 1 aliphatic rings. The molecule has 0 aliphatic carbocycles. The summed E-state index contributed by atoms with van der Waals surface area (Å²) in [6, 6.07) is 0.678. The number of unbranched alkanes of at least 4 members (excludes halogenated alkanes) is 1. The molecule has 0 aromatic rings. The lowest BCUT2D eigenvalue weighted by Crippen LogP contribution is -2.39. The van der Waals surface area contributed by atoms with Crippen LogP contribution < -0.4 is 5.32 Å². The molecule has 0 spiro atoms. The maximum absolute atomic E-state index is 5.63. The maximum atomic E-state index is 5.63. The van der Waals surface area contributed by atoms with Gasteiger partial charge >= 0.3 is 0 Å². The van der Waals surface area contributed by atoms with Gasteiger partial charge in [-0.1, -0.05) is 26.7 Å². The predicted molar refractivity (Wildman–Crippen MR) is 60.5 cm³/mol. The molecule has 1 heterocycles. The van der Waals surface area contributed by atoms with Crippen LogP contribution >= 0.6 is 0 Å². The van der Waals surface area contributed by atoms with Gasteiger partial charge in [-0.2, -0.15) is 0 Å². The first-order valence-corrected chi connectivity index (χ1v) is 6.14. The minimum absolute atomic E-state index is 0.455. The molecule has 2 nitrogen and oxygen atoms in total. The number of hydrogen-bond acceptors (Lipinski definition) is 2. The van der Waals surface area contributed by atoms with Crippen molar-refractivity contribution in [2.75, 3.05) is 13.2 Å². The lowest BCUT2D eigenvalue weighted by molar-refractivity contribution is 0.0942. The van der Waals surface area contributed by atoms with Crippen LogP contribution in [0.25, 0.3) is 0 Å². The molecule has 84 valence electrons. The largest absolute Gasteiger partial charge is 0.378 e. The normalized spacial score (nSPS) is 29.4. The van der Waals surface area contributed by atoms with E-state index in [1.807, 2.05) is 0 Å². The zero-order valence-corrected chi connectivity index (χ0v) is 9.88. The fourth-order valence-electron chi connectivity index (χ4n) is 2.43. The van der Waals surface area contributed by atoms with Gasteiger partial charge in [-0.05, 0) is 26.3 Å². The Hall–Kier alpha value is -0.0800. The third-order valence-electron chi connectivity index (χ3n) is 3.29. The summed E-state index contributed by atoms with van der Waals surface area (Å²) in [5.41, 5.74) is 0. The number of nitrogens with one attached hydrogen (secondary N) is 1. The van der Waals surface area contributed by atoms with E-state index < -0.39 is 0 Å². The van der Waals surface area contributed by atoms with Crippen LogP contribution in [0.2, 0.25) is 0 Å². The maximum Gasteiger partial charge on any atom is 0.0590 e. The van der Waals surface area contributed by atoms with E-state index in [0.717, 1.165) is 19.1 Å². The van der Waals surface area contributed by atoms with Crippen molar-refractivity contribution < 1.29 is 4.74 Å². The lowest BCUT2D eigenvalue weighted by Gasteiger charge is -2.26. The van der Waals surface area contributed by atoms with Crippen LogP contribution in [-0.4, -0.2) is 25.3 Å². The average molecular weight is 199 g/mol. The summed E-state index contributed by atoms with van der Waals surface area (Å²) in [5, 5.41) is 3.61. The van der Waals surface area contributed by atoms with Crippen molar-refractivity contribution >= 4 is 0 Å². The van der Waals surface area contributed by atoms with Crippen molar-refractivity contribution in [2.45, 2.75) is 58.6 Å². The van der Waals surface area contributed by atoms with Crippen molar-refractivity contribution in [3.05, 3.63) is 0 Å². The fourth-order valence-corrected chi connectivity index (χ4v) is 2.43. The van der Waals surface area contributed by atoms with Crippen LogP contribution in [0, 0.1) is 5.92 Å². The molecule has 1 rings (SSSR count). The molecule has 0 bridgehead atoms. The first kappa shape index (κ1) is 12.0. The van der Waals surface area contributed by atoms with Gasteiger partial charge in [-0.15, -0.1) is 0 Å². The Morgan fingerprint density at radius 1 is 1.43 bits per heavy atom. The molecular formula is C12H25NO. The fraction of sp³-hybridized carbons (Fsp3) is 1.00. The third-order valence-corrected chi connectivity index (χ3v) is 3.29. The second-order valence-corrected chi connectivity index (χ2v) is 4.33. The molecular weight excluding hydrogens is 174 g/mol. The third kappa shape index (κ3) is 3.25. The van der Waals surface area contributed by atoms with E-state index >= 15 is 0 Å². The van der Waals surface area contributed by atoms with Gasteiger partial charge in [-0.25, -0.2) is 0 Å². The summed E-state index contributed by atoms with van der Waals surface area (Å²) >= 11 is 0. The van der Waals surface area contributed by atoms with Crippen LogP contribution in [0.5, 0.6) is 0 Å². The molecule has 14 heavy (non-hydrogen) atoms. The van der Waals surface area contributed by atoms with E-state index in [4.69, 9.17) is 4.74 Å². The summed E-state index contributed by atoms with van der Waals surface area (Å²) in [7, 11) is 0. The van der Waals surface area contributed by atoms with E-state index in [9.17, 15) is 0 Å². The summed E-state index contributed by atoms with van der Waals surface area (Å²) in [4.78, 5) is 0. The number of ether oxygens (including phenoxy) is 1. The van der Waals surface area contributed by atoms with Gasteiger partial charge in [0.05, 0.1) is 6.10 Å². The molecule has 1 fully saturated rings. The Kier molecular flexibility index (Phi) is 5.49. The number of rotatable bonds is 6. The highest BCUT2D eigenvalue weighted by molar-refractivity contribution is 4.83. The highest BCUT2D eigenvalue weighted by atomic mass is 16.5. The Balaban J connectivity index is 2.39. The van der Waals surface area contributed by atoms with Gasteiger partial charge in [0.1, 0.15) is 0 Å². The van der Waals surface area contributed by atoms with Crippen molar-refractivity contribution in [3.63, 3.8) is 0 Å². The average Bonchev–Trinajstić information content (AvgIpc) is 2.59. The van der Waals surface area contributed by atoms with Crippen LogP contribution in [0.3, 0.4) is 0 Å². The molecule has 2 heteroatoms. The summed E-state index contributed by atoms with van der Waals surface area (Å²) in [5.74, 6) is 0.737. The predicted octanol–water partition coefficient (Wildman–Crippen LogP) is 2.58. The molecule has 0 saturated carbocycles. The Morgan fingerprint density at radius 2 is 2.21 bits per heavy atom. The SMILES string of the molecule is CCCCC(NCC)C1CCOC1C. The van der Waals surface area contributed by atoms with Crippen LogP contribution in [0.1, 0.15) is 46.5 Å². The zero-order chi connectivity index (χ0) is 10.4. The smallest absolute Gasteiger partial charge is 0.0590 e. The molecule has 1 aliphatic heterocycles. The van der Waals surface area contributed by atoms with Gasteiger partial charge < -0.3 is 10.1 Å². The summed E-state index contributed by atoms with van der Waals surface area (Å²) in [6.07, 6.45) is 5.63. The Bertz CT molecular complexity index is 149. The molecule has 3 atom stereocenters. The van der Waals surface area contributed by atoms with Crippen molar-refractivity contribution in [3.8, 4) is 0 Å². The molecule has 1 N–H and O–H groups in total. The van der Waals surface area contributed by atoms with E-state index in [-0.39, 0.29) is 0 Å². The topological polar surface area (TPSA) is 21.3 Å². The van der Waals surface area contributed by atoms with E-state index in [0.29, 0.717) is 12.1 Å². The molecule has 0 aromatic carbocycles. The molecule has 1 saturated heterocycles. The quantitative estimate of drug-likeness (QED) is 0.710. The molecule has 3 unspecified atom stereocenters. The van der Waals surface area contributed by atoms with E-state index in [1.165, 1.54) is 25.7 Å². The molecule has 0 aromatic heterocycles. The minimum atomic E-state index is 0.455. The monoisotopic (exact) mass is 199 g/mol. The summed E-state index contributed by atoms with van der Waals surface area (Å²) in [6.45, 7) is 8.71. The van der Waals surface area contributed by atoms with Gasteiger partial charge in [0.15, 0.2) is 0 Å². The van der Waals surface area contributed by atoms with Crippen LogP contribution in [0.15, 0.2) is 0 Å². The highest BCUT2D eigenvalue weighted by Crippen LogP contribution is 2.26. The molecule has 0 amide bonds. The van der Waals surface area contributed by atoms with Crippen LogP contribution in [0.4, 0.5) is 0 Å². The van der Waals surface area contributed by atoms with E-state index in [2.05, 4.69) is 26.1 Å². The minimum Gasteiger partial charge on any atom is -0.378 e. The number of hydrogen-bond donors (Lipinski definition) is 1. The van der Waals surface area contributed by atoms with Crippen molar-refractivity contribution in [1.82, 2.24) is 5.32 Å². The summed E-state index contributed by atoms with van der Waals surface area (Å²) < 4.78 is 5.63.